The first kappa shape index (κ1) is 9.44. The average Bonchev–Trinajstić information content (AvgIpc) is 2.40. The Kier molecular flexibility index (Phi) is 2.34. The number of likely N-dealkylation sites (tertiary alicyclic amines) is 1. The summed E-state index contributed by atoms with van der Waals surface area (Å²) in [5, 5.41) is 0. The van der Waals surface area contributed by atoms with E-state index in [0.29, 0.717) is 5.41 Å². The first-order chi connectivity index (χ1) is 6.14. The molecule has 0 bridgehead atoms. The monoisotopic (exact) mass is 184 g/mol. The lowest BCUT2D eigenvalue weighted by Crippen LogP contribution is -2.49. The van der Waals surface area contributed by atoms with Crippen molar-refractivity contribution >= 4 is 0 Å². The smallest absolute Gasteiger partial charge is 0.0704 e. The molecule has 0 aromatic heterocycles. The van der Waals surface area contributed by atoms with Gasteiger partial charge in [0.1, 0.15) is 0 Å². The molecule has 2 fully saturated rings. The van der Waals surface area contributed by atoms with Crippen LogP contribution in [0.3, 0.4) is 0 Å². The van der Waals surface area contributed by atoms with Gasteiger partial charge in [0.05, 0.1) is 12.7 Å². The van der Waals surface area contributed by atoms with Gasteiger partial charge in [0.25, 0.3) is 0 Å². The molecule has 0 aromatic carbocycles. The van der Waals surface area contributed by atoms with E-state index in [1.807, 2.05) is 0 Å². The second-order valence-electron chi connectivity index (χ2n) is 4.71. The molecule has 0 saturated carbocycles. The molecular weight excluding hydrogens is 164 g/mol. The van der Waals surface area contributed by atoms with Crippen molar-refractivity contribution in [3.05, 3.63) is 0 Å². The molecule has 2 N–H and O–H groups in total. The van der Waals surface area contributed by atoms with Crippen molar-refractivity contribution in [2.24, 2.45) is 11.1 Å². The summed E-state index contributed by atoms with van der Waals surface area (Å²) in [4.78, 5) is 2.38. The Morgan fingerprint density at radius 2 is 2.00 bits per heavy atom. The van der Waals surface area contributed by atoms with E-state index in [4.69, 9.17) is 10.5 Å². The Morgan fingerprint density at radius 3 is 2.46 bits per heavy atom. The highest BCUT2D eigenvalue weighted by molar-refractivity contribution is 4.99. The Bertz CT molecular complexity index is 187. The predicted molar refractivity (Wildman–Crippen MR) is 52.6 cm³/mol. The molecule has 0 aromatic rings. The molecule has 2 rings (SSSR count). The minimum Gasteiger partial charge on any atom is -0.376 e. The van der Waals surface area contributed by atoms with Gasteiger partial charge in [-0.05, 0) is 39.9 Å². The molecule has 2 aliphatic heterocycles. The summed E-state index contributed by atoms with van der Waals surface area (Å²) in [7, 11) is 2.18. The number of rotatable bonds is 0. The third-order valence-electron chi connectivity index (χ3n) is 3.83. The van der Waals surface area contributed by atoms with Crippen LogP contribution >= 0.6 is 0 Å². The van der Waals surface area contributed by atoms with Crippen LogP contribution in [0.1, 0.15) is 19.8 Å². The van der Waals surface area contributed by atoms with Crippen LogP contribution in [-0.2, 0) is 4.74 Å². The van der Waals surface area contributed by atoms with Crippen LogP contribution in [0.15, 0.2) is 0 Å². The van der Waals surface area contributed by atoms with Gasteiger partial charge >= 0.3 is 0 Å². The second kappa shape index (κ2) is 3.23. The van der Waals surface area contributed by atoms with Crippen LogP contribution in [0.4, 0.5) is 0 Å². The molecule has 3 nitrogen and oxygen atoms in total. The highest BCUT2D eigenvalue weighted by atomic mass is 16.5. The number of ether oxygens (including phenoxy) is 1. The van der Waals surface area contributed by atoms with Gasteiger partial charge in [-0.1, -0.05) is 0 Å². The van der Waals surface area contributed by atoms with Crippen molar-refractivity contribution in [3.63, 3.8) is 0 Å². The van der Waals surface area contributed by atoms with Crippen molar-refractivity contribution < 1.29 is 4.74 Å². The van der Waals surface area contributed by atoms with E-state index in [9.17, 15) is 0 Å². The van der Waals surface area contributed by atoms with Gasteiger partial charge < -0.3 is 15.4 Å². The van der Waals surface area contributed by atoms with Crippen molar-refractivity contribution in [1.29, 1.82) is 0 Å². The summed E-state index contributed by atoms with van der Waals surface area (Å²) in [5.41, 5.74) is 6.49. The van der Waals surface area contributed by atoms with E-state index in [2.05, 4.69) is 18.9 Å². The maximum absolute atomic E-state index is 6.19. The molecular formula is C10H20N2O. The fourth-order valence-electron chi connectivity index (χ4n) is 2.54. The zero-order valence-corrected chi connectivity index (χ0v) is 8.62. The van der Waals surface area contributed by atoms with Gasteiger partial charge in [-0.2, -0.15) is 0 Å². The standard InChI is InChI=1S/C10H20N2O/c1-8-9(11)10(7-13-8)3-5-12(2)6-4-10/h8-9H,3-7,11H2,1-2H3/t8-,9-/m0/s1. The number of nitrogens with two attached hydrogens (primary N) is 1. The summed E-state index contributed by atoms with van der Waals surface area (Å²) in [6, 6.07) is 0.251. The van der Waals surface area contributed by atoms with Gasteiger partial charge in [0.15, 0.2) is 0 Å². The fraction of sp³-hybridized carbons (Fsp3) is 1.00. The van der Waals surface area contributed by atoms with Crippen molar-refractivity contribution in [2.45, 2.75) is 31.9 Å². The predicted octanol–water partition coefficient (Wildman–Crippen LogP) is 0.444. The topological polar surface area (TPSA) is 38.5 Å². The maximum Gasteiger partial charge on any atom is 0.0704 e. The molecule has 3 heteroatoms. The quantitative estimate of drug-likeness (QED) is 0.594. The molecule has 0 unspecified atom stereocenters. The normalized spacial score (nSPS) is 39.9. The van der Waals surface area contributed by atoms with Crippen molar-refractivity contribution in [2.75, 3.05) is 26.7 Å². The lowest BCUT2D eigenvalue weighted by Gasteiger charge is -2.39. The molecule has 1 spiro atoms. The first-order valence-corrected chi connectivity index (χ1v) is 5.20. The zero-order valence-electron chi connectivity index (χ0n) is 8.62. The van der Waals surface area contributed by atoms with E-state index < -0.39 is 0 Å². The summed E-state index contributed by atoms with van der Waals surface area (Å²) in [6.45, 7) is 5.31. The van der Waals surface area contributed by atoms with Gasteiger partial charge in [-0.25, -0.2) is 0 Å². The van der Waals surface area contributed by atoms with Gasteiger partial charge in [0, 0.05) is 11.5 Å². The molecule has 2 heterocycles. The molecule has 2 atom stereocenters. The van der Waals surface area contributed by atoms with Crippen molar-refractivity contribution in [3.8, 4) is 0 Å². The summed E-state index contributed by atoms with van der Waals surface area (Å²) in [5.74, 6) is 0. The number of hydrogen-bond acceptors (Lipinski definition) is 3. The zero-order chi connectivity index (χ0) is 9.47. The van der Waals surface area contributed by atoms with Gasteiger partial charge in [-0.3, -0.25) is 0 Å². The fourth-order valence-corrected chi connectivity index (χ4v) is 2.54. The van der Waals surface area contributed by atoms with E-state index in [0.717, 1.165) is 6.61 Å². The maximum atomic E-state index is 6.19. The van der Waals surface area contributed by atoms with Crippen LogP contribution in [0, 0.1) is 5.41 Å². The lowest BCUT2D eigenvalue weighted by atomic mass is 9.73. The molecule has 0 aliphatic carbocycles. The average molecular weight is 184 g/mol. The Labute approximate surface area is 80.2 Å². The molecule has 76 valence electrons. The summed E-state index contributed by atoms with van der Waals surface area (Å²) < 4.78 is 5.65. The minimum absolute atomic E-state index is 0.251. The SMILES string of the molecule is C[C@@H]1OCC2(CCN(C)CC2)[C@H]1N. The van der Waals surface area contributed by atoms with E-state index >= 15 is 0 Å². The van der Waals surface area contributed by atoms with Crippen LogP contribution in [0.5, 0.6) is 0 Å². The third kappa shape index (κ3) is 1.49. The Morgan fingerprint density at radius 1 is 1.38 bits per heavy atom. The van der Waals surface area contributed by atoms with Gasteiger partial charge in [0.2, 0.25) is 0 Å². The highest BCUT2D eigenvalue weighted by Crippen LogP contribution is 2.40. The number of hydrogen-bond donors (Lipinski definition) is 1. The first-order valence-electron chi connectivity index (χ1n) is 5.20. The van der Waals surface area contributed by atoms with Crippen LogP contribution in [0.2, 0.25) is 0 Å². The number of nitrogens with zero attached hydrogens (tertiary/aromatic N) is 1. The summed E-state index contributed by atoms with van der Waals surface area (Å²) >= 11 is 0. The minimum atomic E-state index is 0.251. The molecule has 2 saturated heterocycles. The largest absolute Gasteiger partial charge is 0.376 e. The molecule has 0 amide bonds. The van der Waals surface area contributed by atoms with Crippen LogP contribution in [-0.4, -0.2) is 43.8 Å². The van der Waals surface area contributed by atoms with Crippen LogP contribution < -0.4 is 5.73 Å². The van der Waals surface area contributed by atoms with Crippen molar-refractivity contribution in [1.82, 2.24) is 4.90 Å². The van der Waals surface area contributed by atoms with Crippen LogP contribution in [0.25, 0.3) is 0 Å². The van der Waals surface area contributed by atoms with E-state index in [-0.39, 0.29) is 12.1 Å². The second-order valence-corrected chi connectivity index (χ2v) is 4.71. The van der Waals surface area contributed by atoms with E-state index in [1.54, 1.807) is 0 Å². The number of piperidine rings is 1. The Hall–Kier alpha value is -0.120. The molecule has 0 radical (unpaired) electrons. The highest BCUT2D eigenvalue weighted by Gasteiger charge is 2.46. The third-order valence-corrected chi connectivity index (χ3v) is 3.83. The molecule has 2 aliphatic rings. The summed E-state index contributed by atoms with van der Waals surface area (Å²) in [6.07, 6.45) is 2.66. The van der Waals surface area contributed by atoms with Gasteiger partial charge in [-0.15, -0.1) is 0 Å². The Balaban J connectivity index is 2.05. The molecule has 13 heavy (non-hydrogen) atoms. The van der Waals surface area contributed by atoms with E-state index in [1.165, 1.54) is 25.9 Å². The lowest BCUT2D eigenvalue weighted by molar-refractivity contribution is 0.0756.